The van der Waals surface area contributed by atoms with Gasteiger partial charge in [0.25, 0.3) is 5.91 Å². The number of nitrogens with zero attached hydrogens (tertiary/aromatic N) is 2. The van der Waals surface area contributed by atoms with Gasteiger partial charge in [0, 0.05) is 23.7 Å². The van der Waals surface area contributed by atoms with E-state index in [1.165, 1.54) is 11.3 Å². The van der Waals surface area contributed by atoms with Crippen LogP contribution >= 0.6 is 34.5 Å². The maximum atomic E-state index is 12.7. The molecular formula is C19H24Cl2N4O2S. The lowest BCUT2D eigenvalue weighted by molar-refractivity contribution is 0.0944. The molecule has 0 aliphatic rings. The topological polar surface area (TPSA) is 74.3 Å². The van der Waals surface area contributed by atoms with Crippen molar-refractivity contribution in [1.82, 2.24) is 15.2 Å². The lowest BCUT2D eigenvalue weighted by Gasteiger charge is -2.26. The second-order valence-electron chi connectivity index (χ2n) is 7.01. The minimum Gasteiger partial charge on any atom is -0.350 e. The van der Waals surface area contributed by atoms with E-state index in [9.17, 15) is 9.59 Å². The minimum atomic E-state index is -0.283. The van der Waals surface area contributed by atoms with Crippen molar-refractivity contribution in [3.05, 3.63) is 44.3 Å². The third-order valence-corrected chi connectivity index (χ3v) is 5.39. The maximum absolute atomic E-state index is 12.7. The molecule has 6 nitrogen and oxygen atoms in total. The van der Waals surface area contributed by atoms with E-state index in [0.717, 1.165) is 0 Å². The van der Waals surface area contributed by atoms with Crippen molar-refractivity contribution in [3.63, 3.8) is 0 Å². The zero-order valence-corrected chi connectivity index (χ0v) is 18.6. The fourth-order valence-corrected chi connectivity index (χ4v) is 3.35. The SMILES string of the molecule is CC(C)CNC(=O)c1csc(CN(C(=O)Nc2ccc(Cl)c(Cl)c2)C(C)C)n1. The number of hydrogen-bond acceptors (Lipinski definition) is 4. The Morgan fingerprint density at radius 2 is 1.89 bits per heavy atom. The van der Waals surface area contributed by atoms with Crippen LogP contribution in [0, 0.1) is 5.92 Å². The first-order valence-corrected chi connectivity index (χ1v) is 10.6. The molecule has 28 heavy (non-hydrogen) atoms. The highest BCUT2D eigenvalue weighted by atomic mass is 35.5. The maximum Gasteiger partial charge on any atom is 0.322 e. The zero-order chi connectivity index (χ0) is 20.8. The van der Waals surface area contributed by atoms with E-state index >= 15 is 0 Å². The predicted octanol–water partition coefficient (Wildman–Crippen LogP) is 5.28. The first-order valence-electron chi connectivity index (χ1n) is 8.92. The lowest BCUT2D eigenvalue weighted by atomic mass is 10.2. The molecule has 0 unspecified atom stereocenters. The summed E-state index contributed by atoms with van der Waals surface area (Å²) in [6, 6.07) is 4.56. The summed E-state index contributed by atoms with van der Waals surface area (Å²) in [5, 5.41) is 8.84. The molecule has 2 rings (SSSR count). The van der Waals surface area contributed by atoms with Gasteiger partial charge in [-0.15, -0.1) is 11.3 Å². The van der Waals surface area contributed by atoms with Crippen LogP contribution < -0.4 is 10.6 Å². The predicted molar refractivity (Wildman–Crippen MR) is 115 cm³/mol. The van der Waals surface area contributed by atoms with Gasteiger partial charge in [-0.25, -0.2) is 9.78 Å². The summed E-state index contributed by atoms with van der Waals surface area (Å²) in [5.74, 6) is 0.163. The van der Waals surface area contributed by atoms with Gasteiger partial charge in [-0.2, -0.15) is 0 Å². The van der Waals surface area contributed by atoms with Crippen molar-refractivity contribution < 1.29 is 9.59 Å². The summed E-state index contributed by atoms with van der Waals surface area (Å²) in [6.07, 6.45) is 0. The highest BCUT2D eigenvalue weighted by molar-refractivity contribution is 7.09. The number of amides is 3. The average molecular weight is 443 g/mol. The normalized spacial score (nSPS) is 11.0. The second-order valence-corrected chi connectivity index (χ2v) is 8.77. The van der Waals surface area contributed by atoms with Gasteiger partial charge in [0.2, 0.25) is 0 Å². The quantitative estimate of drug-likeness (QED) is 0.612. The van der Waals surface area contributed by atoms with E-state index in [1.54, 1.807) is 28.5 Å². The molecule has 1 aromatic heterocycles. The first-order chi connectivity index (χ1) is 13.2. The fraction of sp³-hybridized carbons (Fsp3) is 0.421. The molecule has 0 aliphatic carbocycles. The Morgan fingerprint density at radius 1 is 1.18 bits per heavy atom. The molecule has 152 valence electrons. The van der Waals surface area contributed by atoms with Gasteiger partial charge in [-0.1, -0.05) is 37.0 Å². The zero-order valence-electron chi connectivity index (χ0n) is 16.3. The molecule has 0 radical (unpaired) electrons. The van der Waals surface area contributed by atoms with Crippen LogP contribution in [0.4, 0.5) is 10.5 Å². The van der Waals surface area contributed by atoms with Crippen LogP contribution in [0.25, 0.3) is 0 Å². The van der Waals surface area contributed by atoms with E-state index in [1.807, 2.05) is 27.7 Å². The van der Waals surface area contributed by atoms with Crippen molar-refractivity contribution in [3.8, 4) is 0 Å². The van der Waals surface area contributed by atoms with Crippen LogP contribution in [0.1, 0.15) is 43.2 Å². The molecule has 0 saturated carbocycles. The van der Waals surface area contributed by atoms with Crippen LogP contribution in [0.15, 0.2) is 23.6 Å². The Kier molecular flexibility index (Phi) is 8.10. The summed E-state index contributed by atoms with van der Waals surface area (Å²) in [4.78, 5) is 30.9. The molecule has 0 bridgehead atoms. The number of nitrogens with one attached hydrogen (secondary N) is 2. The molecular weight excluding hydrogens is 419 g/mol. The third kappa shape index (κ3) is 6.36. The molecule has 0 fully saturated rings. The van der Waals surface area contributed by atoms with E-state index in [-0.39, 0.29) is 18.0 Å². The molecule has 3 amide bonds. The Labute approximate surface area is 179 Å². The summed E-state index contributed by atoms with van der Waals surface area (Å²) < 4.78 is 0. The number of urea groups is 1. The standard InChI is InChI=1S/C19H24Cl2N4O2S/c1-11(2)8-22-18(26)16-10-28-17(24-16)9-25(12(3)4)19(27)23-13-5-6-14(20)15(21)7-13/h5-7,10-12H,8-9H2,1-4H3,(H,22,26)(H,23,27). The minimum absolute atomic E-state index is 0.0649. The van der Waals surface area contributed by atoms with Gasteiger partial charge in [0.1, 0.15) is 10.7 Å². The number of carbonyl (C=O) groups is 2. The number of rotatable bonds is 7. The Morgan fingerprint density at radius 3 is 2.50 bits per heavy atom. The Balaban J connectivity index is 2.05. The molecule has 0 spiro atoms. The van der Waals surface area contributed by atoms with E-state index < -0.39 is 0 Å². The number of halogens is 2. The molecule has 9 heteroatoms. The second kappa shape index (κ2) is 10.1. The number of thiazole rings is 1. The fourth-order valence-electron chi connectivity index (χ4n) is 2.28. The highest BCUT2D eigenvalue weighted by Crippen LogP contribution is 2.25. The average Bonchev–Trinajstić information content (AvgIpc) is 3.09. The number of anilines is 1. The smallest absolute Gasteiger partial charge is 0.322 e. The van der Waals surface area contributed by atoms with Gasteiger partial charge in [0.15, 0.2) is 0 Å². The third-order valence-electron chi connectivity index (χ3n) is 3.82. The van der Waals surface area contributed by atoms with Gasteiger partial charge in [-0.3, -0.25) is 4.79 Å². The molecule has 2 aromatic rings. The van der Waals surface area contributed by atoms with Crippen molar-refractivity contribution in [2.24, 2.45) is 5.92 Å². The Hall–Kier alpha value is -1.83. The van der Waals surface area contributed by atoms with Crippen LogP contribution in [0.2, 0.25) is 10.0 Å². The van der Waals surface area contributed by atoms with E-state index in [0.29, 0.717) is 45.4 Å². The van der Waals surface area contributed by atoms with Crippen LogP contribution in [-0.4, -0.2) is 34.4 Å². The molecule has 0 atom stereocenters. The van der Waals surface area contributed by atoms with Crippen molar-refractivity contribution >= 4 is 52.2 Å². The summed E-state index contributed by atoms with van der Waals surface area (Å²) in [5.41, 5.74) is 0.923. The number of benzene rings is 1. The molecule has 0 aliphatic heterocycles. The van der Waals surface area contributed by atoms with Gasteiger partial charge in [-0.05, 0) is 38.0 Å². The van der Waals surface area contributed by atoms with Gasteiger partial charge < -0.3 is 15.5 Å². The first kappa shape index (κ1) is 22.5. The van der Waals surface area contributed by atoms with Crippen molar-refractivity contribution in [2.45, 2.75) is 40.3 Å². The summed E-state index contributed by atoms with van der Waals surface area (Å²) in [7, 11) is 0. The summed E-state index contributed by atoms with van der Waals surface area (Å²) >= 11 is 13.3. The molecule has 0 saturated heterocycles. The Bertz CT molecular complexity index is 839. The number of hydrogen-bond donors (Lipinski definition) is 2. The van der Waals surface area contributed by atoms with E-state index in [2.05, 4.69) is 15.6 Å². The van der Waals surface area contributed by atoms with Crippen LogP contribution in [0.5, 0.6) is 0 Å². The largest absolute Gasteiger partial charge is 0.350 e. The summed E-state index contributed by atoms with van der Waals surface area (Å²) in [6.45, 7) is 8.78. The van der Waals surface area contributed by atoms with E-state index in [4.69, 9.17) is 23.2 Å². The molecule has 2 N–H and O–H groups in total. The van der Waals surface area contributed by atoms with Gasteiger partial charge in [0.05, 0.1) is 16.6 Å². The van der Waals surface area contributed by atoms with Crippen LogP contribution in [0.3, 0.4) is 0 Å². The van der Waals surface area contributed by atoms with Gasteiger partial charge >= 0.3 is 6.03 Å². The monoisotopic (exact) mass is 442 g/mol. The number of carbonyl (C=O) groups excluding carboxylic acids is 2. The lowest BCUT2D eigenvalue weighted by Crippen LogP contribution is -2.39. The molecule has 1 heterocycles. The molecule has 1 aromatic carbocycles. The highest BCUT2D eigenvalue weighted by Gasteiger charge is 2.20. The van der Waals surface area contributed by atoms with Crippen molar-refractivity contribution in [1.29, 1.82) is 0 Å². The van der Waals surface area contributed by atoms with Crippen LogP contribution in [-0.2, 0) is 6.54 Å². The van der Waals surface area contributed by atoms with Crippen molar-refractivity contribution in [2.75, 3.05) is 11.9 Å². The number of aromatic nitrogens is 1.